The lowest BCUT2D eigenvalue weighted by molar-refractivity contribution is -0.0800. The van der Waals surface area contributed by atoms with Gasteiger partial charge in [-0.1, -0.05) is 25.9 Å². The van der Waals surface area contributed by atoms with Gasteiger partial charge in [-0.2, -0.15) is 4.98 Å². The molecule has 2 aliphatic rings. The van der Waals surface area contributed by atoms with E-state index in [0.717, 1.165) is 5.75 Å². The highest BCUT2D eigenvalue weighted by Crippen LogP contribution is 2.45. The maximum absolute atomic E-state index is 6.07. The Morgan fingerprint density at radius 1 is 1.22 bits per heavy atom. The summed E-state index contributed by atoms with van der Waals surface area (Å²) in [6.07, 6.45) is 4.44. The largest absolute Gasteiger partial charge is 0.485 e. The first-order valence-corrected chi connectivity index (χ1v) is 8.09. The topological polar surface area (TPSA) is 70.3 Å². The average Bonchev–Trinajstić information content (AvgIpc) is 3.17. The molecule has 0 bridgehead atoms. The van der Waals surface area contributed by atoms with Crippen LogP contribution >= 0.6 is 0 Å². The molecule has 0 N–H and O–H groups in total. The van der Waals surface area contributed by atoms with Crippen molar-refractivity contribution in [1.82, 2.24) is 15.1 Å². The number of pyridine rings is 1. The summed E-state index contributed by atoms with van der Waals surface area (Å²) in [5.41, 5.74) is 1.69. The van der Waals surface area contributed by atoms with Gasteiger partial charge in [0, 0.05) is 23.2 Å². The molecular weight excluding hydrogens is 294 g/mol. The monoisotopic (exact) mass is 315 g/mol. The highest BCUT2D eigenvalue weighted by atomic mass is 16.6. The zero-order valence-electron chi connectivity index (χ0n) is 13.7. The minimum absolute atomic E-state index is 0.137. The van der Waals surface area contributed by atoms with Crippen molar-refractivity contribution >= 4 is 0 Å². The zero-order chi connectivity index (χ0) is 16.0. The van der Waals surface area contributed by atoms with Gasteiger partial charge < -0.3 is 14.0 Å². The van der Waals surface area contributed by atoms with Crippen molar-refractivity contribution in [3.05, 3.63) is 23.7 Å². The third kappa shape index (κ3) is 2.95. The van der Waals surface area contributed by atoms with Crippen molar-refractivity contribution in [1.29, 1.82) is 0 Å². The molecule has 0 amide bonds. The van der Waals surface area contributed by atoms with Gasteiger partial charge >= 0.3 is 0 Å². The number of rotatable bonds is 4. The summed E-state index contributed by atoms with van der Waals surface area (Å²) in [6.45, 7) is 7.42. The van der Waals surface area contributed by atoms with E-state index in [0.29, 0.717) is 36.5 Å². The van der Waals surface area contributed by atoms with E-state index in [1.807, 2.05) is 33.0 Å². The van der Waals surface area contributed by atoms with E-state index >= 15 is 0 Å². The van der Waals surface area contributed by atoms with Crippen LogP contribution in [0.4, 0.5) is 0 Å². The molecule has 0 radical (unpaired) electrons. The van der Waals surface area contributed by atoms with Gasteiger partial charge in [-0.05, 0) is 18.8 Å². The van der Waals surface area contributed by atoms with Gasteiger partial charge in [-0.3, -0.25) is 4.98 Å². The molecule has 6 heteroatoms. The van der Waals surface area contributed by atoms with E-state index in [-0.39, 0.29) is 11.5 Å². The highest BCUT2D eigenvalue weighted by Gasteiger charge is 2.30. The fourth-order valence-electron chi connectivity index (χ4n) is 2.47. The minimum atomic E-state index is -0.179. The van der Waals surface area contributed by atoms with Crippen LogP contribution in [-0.4, -0.2) is 34.4 Å². The Kier molecular flexibility index (Phi) is 3.37. The number of hydrogen-bond donors (Lipinski definition) is 0. The van der Waals surface area contributed by atoms with Crippen LogP contribution in [0.2, 0.25) is 0 Å². The number of nitrogens with zero attached hydrogens (tertiary/aromatic N) is 3. The lowest BCUT2D eigenvalue weighted by Gasteiger charge is -2.27. The number of hydrogen-bond acceptors (Lipinski definition) is 6. The van der Waals surface area contributed by atoms with Gasteiger partial charge in [0.2, 0.25) is 11.7 Å². The van der Waals surface area contributed by atoms with E-state index in [9.17, 15) is 0 Å². The highest BCUT2D eigenvalue weighted by molar-refractivity contribution is 5.54. The molecular formula is C17H21N3O3. The summed E-state index contributed by atoms with van der Waals surface area (Å²) in [5.74, 6) is 2.57. The molecule has 3 heterocycles. The first-order valence-electron chi connectivity index (χ1n) is 8.09. The molecule has 23 heavy (non-hydrogen) atoms. The molecule has 2 aromatic heterocycles. The van der Waals surface area contributed by atoms with Gasteiger partial charge in [-0.25, -0.2) is 0 Å². The van der Waals surface area contributed by atoms with E-state index < -0.39 is 0 Å². The zero-order valence-corrected chi connectivity index (χ0v) is 13.7. The van der Waals surface area contributed by atoms with Crippen LogP contribution in [0.15, 0.2) is 16.8 Å². The quantitative estimate of drug-likeness (QED) is 0.863. The maximum atomic E-state index is 6.07. The lowest BCUT2D eigenvalue weighted by atomic mass is 9.97. The molecule has 1 saturated heterocycles. The van der Waals surface area contributed by atoms with Crippen LogP contribution < -0.4 is 4.74 Å². The Labute approximate surface area is 135 Å². The third-order valence-electron chi connectivity index (χ3n) is 4.11. The van der Waals surface area contributed by atoms with Crippen LogP contribution in [0.5, 0.6) is 5.75 Å². The normalized spacial score (nSPS) is 18.7. The number of ether oxygens (including phenoxy) is 2. The smallest absolute Gasteiger partial charge is 0.232 e. The van der Waals surface area contributed by atoms with E-state index in [2.05, 4.69) is 15.1 Å². The Morgan fingerprint density at radius 3 is 2.57 bits per heavy atom. The lowest BCUT2D eigenvalue weighted by Crippen LogP contribution is -2.38. The second-order valence-electron chi connectivity index (χ2n) is 7.33. The summed E-state index contributed by atoms with van der Waals surface area (Å²) < 4.78 is 16.6. The summed E-state index contributed by atoms with van der Waals surface area (Å²) in [6, 6.07) is 1.93. The van der Waals surface area contributed by atoms with Gasteiger partial charge in [0.15, 0.2) is 0 Å². The van der Waals surface area contributed by atoms with Crippen LogP contribution in [0, 0.1) is 0 Å². The molecule has 1 aliphatic carbocycles. The van der Waals surface area contributed by atoms with Crippen molar-refractivity contribution in [2.45, 2.75) is 51.0 Å². The fourth-order valence-corrected chi connectivity index (χ4v) is 2.47. The average molecular weight is 315 g/mol. The third-order valence-corrected chi connectivity index (χ3v) is 4.11. The van der Waals surface area contributed by atoms with Crippen molar-refractivity contribution in [2.75, 3.05) is 13.2 Å². The van der Waals surface area contributed by atoms with E-state index in [1.165, 1.54) is 18.4 Å². The Balaban J connectivity index is 1.65. The number of aromatic nitrogens is 3. The van der Waals surface area contributed by atoms with Crippen molar-refractivity contribution in [2.24, 2.45) is 0 Å². The Morgan fingerprint density at radius 2 is 2.00 bits per heavy atom. The summed E-state index contributed by atoms with van der Waals surface area (Å²) in [7, 11) is 0. The molecule has 0 spiro atoms. The Bertz CT molecular complexity index is 712. The second-order valence-corrected chi connectivity index (χ2v) is 7.33. The molecule has 2 fully saturated rings. The Hall–Kier alpha value is -1.95. The van der Waals surface area contributed by atoms with Crippen LogP contribution in [0.3, 0.4) is 0 Å². The van der Waals surface area contributed by atoms with Crippen molar-refractivity contribution in [3.63, 3.8) is 0 Å². The molecule has 0 atom stereocenters. The van der Waals surface area contributed by atoms with Crippen LogP contribution in [0.1, 0.15) is 51.0 Å². The predicted octanol–water partition coefficient (Wildman–Crippen LogP) is 3.08. The molecule has 1 aliphatic heterocycles. The molecule has 2 aromatic rings. The molecule has 4 rings (SSSR count). The van der Waals surface area contributed by atoms with Crippen LogP contribution in [-0.2, 0) is 10.2 Å². The van der Waals surface area contributed by atoms with Gasteiger partial charge in [0.05, 0.1) is 13.2 Å². The SMILES string of the molecule is CC(C)(C)c1nc(-c2cc(OC3COC3)c(C3CC3)cn2)no1. The van der Waals surface area contributed by atoms with Gasteiger partial charge in [0.25, 0.3) is 0 Å². The van der Waals surface area contributed by atoms with E-state index in [1.54, 1.807) is 0 Å². The van der Waals surface area contributed by atoms with Crippen molar-refractivity contribution in [3.8, 4) is 17.3 Å². The van der Waals surface area contributed by atoms with E-state index in [4.69, 9.17) is 14.0 Å². The first kappa shape index (κ1) is 14.6. The molecule has 0 aromatic carbocycles. The minimum Gasteiger partial charge on any atom is -0.485 e. The molecule has 1 saturated carbocycles. The van der Waals surface area contributed by atoms with Gasteiger partial charge in [0.1, 0.15) is 17.5 Å². The summed E-state index contributed by atoms with van der Waals surface area (Å²) in [4.78, 5) is 9.00. The molecule has 122 valence electrons. The standard InChI is InChI=1S/C17H21N3O3/c1-17(2,3)16-19-15(20-23-16)13-6-14(22-11-8-21-9-11)12(7-18-13)10-4-5-10/h6-7,10-11H,4-5,8-9H2,1-3H3. The van der Waals surface area contributed by atoms with Gasteiger partial charge in [-0.15, -0.1) is 0 Å². The molecule has 6 nitrogen and oxygen atoms in total. The second kappa shape index (κ2) is 5.30. The summed E-state index contributed by atoms with van der Waals surface area (Å²) in [5, 5.41) is 4.07. The molecule has 0 unspecified atom stereocenters. The predicted molar refractivity (Wildman–Crippen MR) is 83.4 cm³/mol. The maximum Gasteiger partial charge on any atom is 0.232 e. The van der Waals surface area contributed by atoms with Crippen LogP contribution in [0.25, 0.3) is 11.5 Å². The first-order chi connectivity index (χ1) is 11.0. The fraction of sp³-hybridized carbons (Fsp3) is 0.588. The summed E-state index contributed by atoms with van der Waals surface area (Å²) >= 11 is 0. The van der Waals surface area contributed by atoms with Crippen molar-refractivity contribution < 1.29 is 14.0 Å².